The lowest BCUT2D eigenvalue weighted by Gasteiger charge is -2.31. The maximum atomic E-state index is 13.0. The molecule has 3 rings (SSSR count). The third-order valence-electron chi connectivity index (χ3n) is 5.04. The fourth-order valence-electron chi connectivity index (χ4n) is 3.31. The van der Waals surface area contributed by atoms with E-state index in [0.29, 0.717) is 35.8 Å². The lowest BCUT2D eigenvalue weighted by molar-refractivity contribution is -0.120. The lowest BCUT2D eigenvalue weighted by Crippen LogP contribution is -2.43. The molecule has 156 valence electrons. The van der Waals surface area contributed by atoms with Crippen LogP contribution in [-0.4, -0.2) is 38.8 Å². The summed E-state index contributed by atoms with van der Waals surface area (Å²) >= 11 is 12.2. The third kappa shape index (κ3) is 4.69. The molecule has 0 unspecified atom stereocenters. The maximum Gasteiger partial charge on any atom is 0.243 e. The van der Waals surface area contributed by atoms with Gasteiger partial charge in [0.2, 0.25) is 15.9 Å². The van der Waals surface area contributed by atoms with E-state index in [0.717, 1.165) is 5.56 Å². The number of hydrogen-bond acceptors (Lipinski definition) is 4. The Bertz CT molecular complexity index is 1030. The number of nitrogens with zero attached hydrogens (tertiary/aromatic N) is 1. The Kier molecular flexibility index (Phi) is 6.73. The molecule has 9 heteroatoms. The van der Waals surface area contributed by atoms with Crippen LogP contribution in [0.1, 0.15) is 18.4 Å². The molecule has 29 heavy (non-hydrogen) atoms. The number of anilines is 1. The average Bonchev–Trinajstić information content (AvgIpc) is 2.71. The maximum absolute atomic E-state index is 13.0. The zero-order valence-electron chi connectivity index (χ0n) is 16.1. The number of sulfonamides is 1. The van der Waals surface area contributed by atoms with Crippen molar-refractivity contribution in [1.82, 2.24) is 4.31 Å². The van der Waals surface area contributed by atoms with Gasteiger partial charge in [-0.1, -0.05) is 29.3 Å². The summed E-state index contributed by atoms with van der Waals surface area (Å²) < 4.78 is 32.5. The Hall–Kier alpha value is -1.80. The van der Waals surface area contributed by atoms with Crippen molar-refractivity contribution in [2.24, 2.45) is 5.92 Å². The van der Waals surface area contributed by atoms with Gasteiger partial charge in [-0.3, -0.25) is 4.79 Å². The summed E-state index contributed by atoms with van der Waals surface area (Å²) in [6.07, 6.45) is 1.20. The molecular formula is C20H22Cl2N2O4S. The zero-order chi connectivity index (χ0) is 21.2. The summed E-state index contributed by atoms with van der Waals surface area (Å²) in [4.78, 5) is 12.8. The Morgan fingerprint density at radius 2 is 1.97 bits per heavy atom. The third-order valence-corrected chi connectivity index (χ3v) is 7.61. The van der Waals surface area contributed by atoms with Crippen LogP contribution in [0.25, 0.3) is 0 Å². The number of hydrogen-bond donors (Lipinski definition) is 1. The van der Waals surface area contributed by atoms with Crippen LogP contribution in [-0.2, 0) is 14.8 Å². The summed E-state index contributed by atoms with van der Waals surface area (Å²) in [6.45, 7) is 2.28. The summed E-state index contributed by atoms with van der Waals surface area (Å²) in [5.74, 6) is -0.271. The minimum atomic E-state index is -3.77. The number of methoxy groups -OCH3 is 1. The zero-order valence-corrected chi connectivity index (χ0v) is 18.4. The Labute approximate surface area is 180 Å². The molecule has 1 N–H and O–H groups in total. The number of piperidine rings is 1. The Morgan fingerprint density at radius 1 is 1.21 bits per heavy atom. The molecule has 1 heterocycles. The second kappa shape index (κ2) is 8.92. The van der Waals surface area contributed by atoms with Crippen LogP contribution >= 0.6 is 23.2 Å². The molecule has 1 atom stereocenters. The lowest BCUT2D eigenvalue weighted by atomic mass is 9.98. The van der Waals surface area contributed by atoms with E-state index in [2.05, 4.69) is 5.32 Å². The van der Waals surface area contributed by atoms with E-state index in [-0.39, 0.29) is 22.4 Å². The van der Waals surface area contributed by atoms with Crippen LogP contribution in [0.3, 0.4) is 0 Å². The molecule has 2 aromatic carbocycles. The summed E-state index contributed by atoms with van der Waals surface area (Å²) in [5, 5.41) is 3.66. The molecule has 1 fully saturated rings. The molecule has 0 radical (unpaired) electrons. The predicted octanol–water partition coefficient (Wildman–Crippen LogP) is 4.35. The highest BCUT2D eigenvalue weighted by Crippen LogP contribution is 2.31. The average molecular weight is 457 g/mol. The first kappa shape index (κ1) is 21.9. The largest absolute Gasteiger partial charge is 0.495 e. The van der Waals surface area contributed by atoms with Gasteiger partial charge >= 0.3 is 0 Å². The van der Waals surface area contributed by atoms with Crippen molar-refractivity contribution in [1.29, 1.82) is 0 Å². The fraction of sp³-hybridized carbons (Fsp3) is 0.350. The van der Waals surface area contributed by atoms with Crippen LogP contribution < -0.4 is 10.1 Å². The number of halogens is 2. The highest BCUT2D eigenvalue weighted by Gasteiger charge is 2.33. The number of amides is 1. The van der Waals surface area contributed by atoms with Gasteiger partial charge in [0.1, 0.15) is 5.75 Å². The molecule has 0 saturated carbocycles. The van der Waals surface area contributed by atoms with Crippen molar-refractivity contribution >= 4 is 44.8 Å². The normalized spacial score (nSPS) is 17.7. The minimum absolute atomic E-state index is 0.0787. The molecule has 0 bridgehead atoms. The number of benzene rings is 2. The van der Waals surface area contributed by atoms with E-state index >= 15 is 0 Å². The van der Waals surface area contributed by atoms with Gasteiger partial charge in [-0.2, -0.15) is 4.31 Å². The van der Waals surface area contributed by atoms with E-state index in [1.54, 1.807) is 18.2 Å². The molecule has 0 aromatic heterocycles. The van der Waals surface area contributed by atoms with Gasteiger partial charge < -0.3 is 10.1 Å². The minimum Gasteiger partial charge on any atom is -0.495 e. The predicted molar refractivity (Wildman–Crippen MR) is 114 cm³/mol. The van der Waals surface area contributed by atoms with Crippen LogP contribution in [0.5, 0.6) is 5.75 Å². The monoisotopic (exact) mass is 456 g/mol. The number of rotatable bonds is 5. The summed E-state index contributed by atoms with van der Waals surface area (Å²) in [6, 6.07) is 9.63. The number of carbonyl (C=O) groups is 1. The topological polar surface area (TPSA) is 75.7 Å². The molecule has 1 aliphatic heterocycles. The van der Waals surface area contributed by atoms with E-state index in [4.69, 9.17) is 27.9 Å². The summed E-state index contributed by atoms with van der Waals surface area (Å²) in [5.41, 5.74) is 1.40. The molecule has 1 aliphatic rings. The SMILES string of the molecule is COc1ccc(S(=O)(=O)N2CCC[C@@H](C(=O)Nc3cccc(Cl)c3C)C2)cc1Cl. The van der Waals surface area contributed by atoms with Crippen molar-refractivity contribution in [2.45, 2.75) is 24.7 Å². The van der Waals surface area contributed by atoms with Gasteiger partial charge in [-0.05, 0) is 55.7 Å². The number of carbonyl (C=O) groups excluding carboxylic acids is 1. The molecular weight excluding hydrogens is 435 g/mol. The van der Waals surface area contributed by atoms with E-state index in [9.17, 15) is 13.2 Å². The van der Waals surface area contributed by atoms with Crippen LogP contribution in [0.4, 0.5) is 5.69 Å². The molecule has 6 nitrogen and oxygen atoms in total. The van der Waals surface area contributed by atoms with Crippen molar-refractivity contribution in [3.63, 3.8) is 0 Å². The van der Waals surface area contributed by atoms with Crippen LogP contribution in [0, 0.1) is 12.8 Å². The first-order valence-electron chi connectivity index (χ1n) is 9.13. The summed E-state index contributed by atoms with van der Waals surface area (Å²) in [7, 11) is -2.31. The smallest absolute Gasteiger partial charge is 0.243 e. The second-order valence-electron chi connectivity index (χ2n) is 6.90. The van der Waals surface area contributed by atoms with E-state index in [1.165, 1.54) is 29.6 Å². The number of nitrogens with one attached hydrogen (secondary N) is 1. The first-order valence-corrected chi connectivity index (χ1v) is 11.3. The van der Waals surface area contributed by atoms with Crippen molar-refractivity contribution in [3.8, 4) is 5.75 Å². The van der Waals surface area contributed by atoms with Gasteiger partial charge in [0.05, 0.1) is 22.9 Å². The highest BCUT2D eigenvalue weighted by atomic mass is 35.5. The van der Waals surface area contributed by atoms with Gasteiger partial charge in [0.15, 0.2) is 0 Å². The Morgan fingerprint density at radius 3 is 2.66 bits per heavy atom. The Balaban J connectivity index is 1.76. The standard InChI is InChI=1S/C20H22Cl2N2O4S/c1-13-16(21)6-3-7-18(13)23-20(25)14-5-4-10-24(12-14)29(26,27)15-8-9-19(28-2)17(22)11-15/h3,6-9,11,14H,4-5,10,12H2,1-2H3,(H,23,25)/t14-/m1/s1. The molecule has 0 spiro atoms. The van der Waals surface area contributed by atoms with Crippen LogP contribution in [0.2, 0.25) is 10.0 Å². The number of ether oxygens (including phenoxy) is 1. The first-order chi connectivity index (χ1) is 13.7. The highest BCUT2D eigenvalue weighted by molar-refractivity contribution is 7.89. The molecule has 1 saturated heterocycles. The van der Waals surface area contributed by atoms with Gasteiger partial charge in [0.25, 0.3) is 0 Å². The van der Waals surface area contributed by atoms with Crippen molar-refractivity contribution in [3.05, 3.63) is 52.0 Å². The van der Waals surface area contributed by atoms with E-state index < -0.39 is 15.9 Å². The van der Waals surface area contributed by atoms with Crippen LogP contribution in [0.15, 0.2) is 41.3 Å². The second-order valence-corrected chi connectivity index (χ2v) is 9.65. The van der Waals surface area contributed by atoms with Gasteiger partial charge in [-0.15, -0.1) is 0 Å². The molecule has 2 aromatic rings. The fourth-order valence-corrected chi connectivity index (χ4v) is 5.36. The van der Waals surface area contributed by atoms with Gasteiger partial charge in [0, 0.05) is 23.8 Å². The quantitative estimate of drug-likeness (QED) is 0.725. The van der Waals surface area contributed by atoms with E-state index in [1.807, 2.05) is 6.92 Å². The van der Waals surface area contributed by atoms with Gasteiger partial charge in [-0.25, -0.2) is 8.42 Å². The molecule has 1 amide bonds. The van der Waals surface area contributed by atoms with Crippen molar-refractivity contribution < 1.29 is 17.9 Å². The molecule has 0 aliphatic carbocycles. The van der Waals surface area contributed by atoms with Crippen molar-refractivity contribution in [2.75, 3.05) is 25.5 Å².